The van der Waals surface area contributed by atoms with E-state index in [2.05, 4.69) is 40.3 Å². The molecular weight excluding hydrogens is 312 g/mol. The molecule has 1 aromatic carbocycles. The first-order valence-electron chi connectivity index (χ1n) is 9.16. The number of morpholine rings is 1. The quantitative estimate of drug-likeness (QED) is 0.930. The van der Waals surface area contributed by atoms with E-state index in [4.69, 9.17) is 4.74 Å². The van der Waals surface area contributed by atoms with Crippen LogP contribution in [0, 0.1) is 11.3 Å². The number of nitrogens with one attached hydrogen (secondary N) is 1. The lowest BCUT2D eigenvalue weighted by Gasteiger charge is -2.40. The molecular formula is C20H24N4O. The lowest BCUT2D eigenvalue weighted by Crippen LogP contribution is -2.52. The molecule has 2 fully saturated rings. The molecule has 2 aromatic rings. The highest BCUT2D eigenvalue weighted by molar-refractivity contribution is 5.95. The maximum atomic E-state index is 9.34. The summed E-state index contributed by atoms with van der Waals surface area (Å²) in [7, 11) is 0. The molecule has 0 spiro atoms. The van der Waals surface area contributed by atoms with E-state index >= 15 is 0 Å². The van der Waals surface area contributed by atoms with Crippen molar-refractivity contribution in [3.05, 3.63) is 36.0 Å². The van der Waals surface area contributed by atoms with E-state index in [1.54, 1.807) is 6.20 Å². The van der Waals surface area contributed by atoms with Crippen LogP contribution in [0.1, 0.15) is 31.7 Å². The number of aromatic nitrogens is 1. The van der Waals surface area contributed by atoms with Gasteiger partial charge in [0.2, 0.25) is 0 Å². The molecule has 0 amide bonds. The number of benzene rings is 1. The third-order valence-corrected chi connectivity index (χ3v) is 5.27. The van der Waals surface area contributed by atoms with E-state index < -0.39 is 0 Å². The molecule has 4 rings (SSSR count). The zero-order valence-corrected chi connectivity index (χ0v) is 14.6. The lowest BCUT2D eigenvalue weighted by molar-refractivity contribution is -0.0169. The van der Waals surface area contributed by atoms with Crippen LogP contribution < -0.4 is 10.2 Å². The number of pyridine rings is 1. The van der Waals surface area contributed by atoms with Crippen molar-refractivity contribution in [3.63, 3.8) is 0 Å². The number of hydrogen-bond acceptors (Lipinski definition) is 5. The van der Waals surface area contributed by atoms with Crippen molar-refractivity contribution in [2.75, 3.05) is 24.5 Å². The van der Waals surface area contributed by atoms with Gasteiger partial charge in [-0.05, 0) is 44.0 Å². The largest absolute Gasteiger partial charge is 0.370 e. The van der Waals surface area contributed by atoms with Crippen molar-refractivity contribution in [2.24, 2.45) is 0 Å². The van der Waals surface area contributed by atoms with Crippen molar-refractivity contribution >= 4 is 16.6 Å². The summed E-state index contributed by atoms with van der Waals surface area (Å²) in [5.41, 5.74) is 2.56. The Kier molecular flexibility index (Phi) is 4.56. The maximum absolute atomic E-state index is 9.34. The molecule has 2 atom stereocenters. The average Bonchev–Trinajstić information content (AvgIpc) is 2.59. The Hall–Kier alpha value is -2.16. The summed E-state index contributed by atoms with van der Waals surface area (Å²) < 4.78 is 6.14. The molecule has 0 unspecified atom stereocenters. The SMILES string of the molecule is C[C@@H]1CN(c2ccc(C#N)c3ncccc23)C[C@@H](CNC2CCC2)O1. The zero-order valence-electron chi connectivity index (χ0n) is 14.6. The van der Waals surface area contributed by atoms with Crippen molar-refractivity contribution in [1.29, 1.82) is 5.26 Å². The Morgan fingerprint density at radius 2 is 2.20 bits per heavy atom. The summed E-state index contributed by atoms with van der Waals surface area (Å²) in [6, 6.07) is 10.8. The van der Waals surface area contributed by atoms with E-state index in [1.165, 1.54) is 19.3 Å². The average molecular weight is 336 g/mol. The fourth-order valence-corrected chi connectivity index (χ4v) is 3.79. The number of ether oxygens (including phenoxy) is 1. The molecule has 5 nitrogen and oxygen atoms in total. The van der Waals surface area contributed by atoms with Gasteiger partial charge in [-0.3, -0.25) is 4.98 Å². The minimum absolute atomic E-state index is 0.185. The minimum Gasteiger partial charge on any atom is -0.370 e. The normalized spacial score (nSPS) is 24.1. The second-order valence-corrected chi connectivity index (χ2v) is 7.15. The Labute approximate surface area is 148 Å². The predicted octanol–water partition coefficient (Wildman–Crippen LogP) is 2.84. The summed E-state index contributed by atoms with van der Waals surface area (Å²) in [6.45, 7) is 4.75. The van der Waals surface area contributed by atoms with Gasteiger partial charge in [-0.15, -0.1) is 0 Å². The van der Waals surface area contributed by atoms with Crippen LogP contribution in [0.2, 0.25) is 0 Å². The molecule has 0 bridgehead atoms. The number of nitriles is 1. The fraction of sp³-hybridized carbons (Fsp3) is 0.500. The monoisotopic (exact) mass is 336 g/mol. The predicted molar refractivity (Wildman–Crippen MR) is 98.6 cm³/mol. The summed E-state index contributed by atoms with van der Waals surface area (Å²) in [5, 5.41) is 14.0. The highest BCUT2D eigenvalue weighted by Gasteiger charge is 2.28. The summed E-state index contributed by atoms with van der Waals surface area (Å²) in [4.78, 5) is 6.81. The van der Waals surface area contributed by atoms with E-state index in [0.717, 1.165) is 36.2 Å². The van der Waals surface area contributed by atoms with Gasteiger partial charge >= 0.3 is 0 Å². The van der Waals surface area contributed by atoms with E-state index in [-0.39, 0.29) is 12.2 Å². The third kappa shape index (κ3) is 3.33. The molecule has 1 saturated carbocycles. The van der Waals surface area contributed by atoms with Gasteiger partial charge in [-0.2, -0.15) is 5.26 Å². The smallest absolute Gasteiger partial charge is 0.101 e. The van der Waals surface area contributed by atoms with Gasteiger partial charge in [-0.1, -0.05) is 6.42 Å². The summed E-state index contributed by atoms with van der Waals surface area (Å²) in [5.74, 6) is 0. The Morgan fingerprint density at radius 3 is 2.96 bits per heavy atom. The Morgan fingerprint density at radius 1 is 1.32 bits per heavy atom. The Bertz CT molecular complexity index is 796. The van der Waals surface area contributed by atoms with Gasteiger partial charge in [0.05, 0.1) is 23.3 Å². The summed E-state index contributed by atoms with van der Waals surface area (Å²) in [6.07, 6.45) is 6.04. The molecule has 25 heavy (non-hydrogen) atoms. The molecule has 5 heteroatoms. The lowest BCUT2D eigenvalue weighted by atomic mass is 9.93. The van der Waals surface area contributed by atoms with Crippen molar-refractivity contribution in [2.45, 2.75) is 44.4 Å². The molecule has 2 aliphatic rings. The van der Waals surface area contributed by atoms with E-state index in [1.807, 2.05) is 12.1 Å². The number of rotatable bonds is 4. The number of anilines is 1. The fourth-order valence-electron chi connectivity index (χ4n) is 3.79. The van der Waals surface area contributed by atoms with Crippen molar-refractivity contribution in [3.8, 4) is 6.07 Å². The van der Waals surface area contributed by atoms with E-state index in [0.29, 0.717) is 11.6 Å². The van der Waals surface area contributed by atoms with Crippen LogP contribution in [0.3, 0.4) is 0 Å². The molecule has 1 aliphatic heterocycles. The maximum Gasteiger partial charge on any atom is 0.101 e. The van der Waals surface area contributed by atoms with Crippen LogP contribution in [0.15, 0.2) is 30.5 Å². The minimum atomic E-state index is 0.185. The van der Waals surface area contributed by atoms with Crippen LogP contribution >= 0.6 is 0 Å². The Balaban J connectivity index is 1.57. The van der Waals surface area contributed by atoms with Crippen molar-refractivity contribution < 1.29 is 4.74 Å². The molecule has 2 heterocycles. The van der Waals surface area contributed by atoms with Crippen LogP contribution in [0.5, 0.6) is 0 Å². The number of hydrogen-bond donors (Lipinski definition) is 1. The first-order chi connectivity index (χ1) is 12.2. The molecule has 1 aromatic heterocycles. The van der Waals surface area contributed by atoms with Crippen molar-refractivity contribution in [1.82, 2.24) is 10.3 Å². The molecule has 130 valence electrons. The van der Waals surface area contributed by atoms with Crippen LogP contribution in [-0.2, 0) is 4.74 Å². The zero-order chi connectivity index (χ0) is 17.2. The number of fused-ring (bicyclic) bond motifs is 1. The third-order valence-electron chi connectivity index (χ3n) is 5.27. The molecule has 0 radical (unpaired) electrons. The van der Waals surface area contributed by atoms with Gasteiger partial charge in [-0.25, -0.2) is 0 Å². The first kappa shape index (κ1) is 16.3. The van der Waals surface area contributed by atoms with Gasteiger partial charge in [0.1, 0.15) is 6.07 Å². The summed E-state index contributed by atoms with van der Waals surface area (Å²) >= 11 is 0. The number of nitrogens with zero attached hydrogens (tertiary/aromatic N) is 3. The molecule has 1 N–H and O–H groups in total. The van der Waals surface area contributed by atoms with Gasteiger partial charge in [0, 0.05) is 42.9 Å². The van der Waals surface area contributed by atoms with Crippen LogP contribution in [0.4, 0.5) is 5.69 Å². The topological polar surface area (TPSA) is 61.2 Å². The van der Waals surface area contributed by atoms with E-state index in [9.17, 15) is 5.26 Å². The second kappa shape index (κ2) is 6.99. The molecule has 1 saturated heterocycles. The first-order valence-corrected chi connectivity index (χ1v) is 9.16. The van der Waals surface area contributed by atoms with Gasteiger partial charge < -0.3 is 15.0 Å². The van der Waals surface area contributed by atoms with Crippen LogP contribution in [0.25, 0.3) is 10.9 Å². The van der Waals surface area contributed by atoms with Gasteiger partial charge in [0.15, 0.2) is 0 Å². The standard InChI is InChI=1S/C20H24N4O/c1-14-12-24(13-17(25-14)11-23-16-4-2-5-16)19-8-7-15(10-21)20-18(19)6-3-9-22-20/h3,6-9,14,16-17,23H,2,4-5,11-13H2,1H3/t14-,17-/m1/s1. The van der Waals surface area contributed by atoms with Gasteiger partial charge in [0.25, 0.3) is 0 Å². The molecule has 1 aliphatic carbocycles. The van der Waals surface area contributed by atoms with Crippen LogP contribution in [-0.4, -0.2) is 42.9 Å². The highest BCUT2D eigenvalue weighted by Crippen LogP contribution is 2.30. The second-order valence-electron chi connectivity index (χ2n) is 7.15. The highest BCUT2D eigenvalue weighted by atomic mass is 16.5.